The minimum Gasteiger partial charge on any atom is -0.460 e. The van der Waals surface area contributed by atoms with Crippen LogP contribution in [-0.2, 0) is 14.3 Å². The Morgan fingerprint density at radius 2 is 1.94 bits per heavy atom. The minimum absolute atomic E-state index is 0.0808. The van der Waals surface area contributed by atoms with Gasteiger partial charge in [-0.25, -0.2) is 9.28 Å². The Kier molecular flexibility index (Phi) is 7.20. The molecule has 0 aromatic rings. The normalized spacial score (nSPS) is 28.3. The Hall–Kier alpha value is -2.73. The quantitative estimate of drug-likeness (QED) is 0.326. The smallest absolute Gasteiger partial charge is 0.438 e. The van der Waals surface area contributed by atoms with E-state index in [0.717, 1.165) is 19.0 Å². The molecule has 2 aliphatic heterocycles. The van der Waals surface area contributed by atoms with Crippen LogP contribution in [0.4, 0.5) is 18.0 Å². The van der Waals surface area contributed by atoms with Gasteiger partial charge in [-0.2, -0.15) is 18.2 Å². The zero-order valence-corrected chi connectivity index (χ0v) is 20.9. The Morgan fingerprint density at radius 3 is 2.54 bits per heavy atom. The number of allylic oxidation sites excluding steroid dienone is 2. The van der Waals surface area contributed by atoms with Crippen LogP contribution in [0.3, 0.4) is 0 Å². The molecule has 8 nitrogen and oxygen atoms in total. The lowest BCUT2D eigenvalue weighted by Gasteiger charge is -2.44. The summed E-state index contributed by atoms with van der Waals surface area (Å²) >= 11 is 5.43. The number of likely N-dealkylation sites (N-methyl/N-ethyl adjacent to an activating group) is 1. The van der Waals surface area contributed by atoms with Gasteiger partial charge in [-0.15, -0.1) is 0 Å². The fraction of sp³-hybridized carbons (Fsp3) is 0.565. The first kappa shape index (κ1) is 26.9. The van der Waals surface area contributed by atoms with E-state index in [9.17, 15) is 22.8 Å². The molecule has 3 atom stereocenters. The molecule has 3 unspecified atom stereocenters. The number of nitrogens with zero attached hydrogens (tertiary/aromatic N) is 2. The van der Waals surface area contributed by atoms with Gasteiger partial charge in [0.25, 0.3) is 0 Å². The number of hydrogen-bond acceptors (Lipinski definition) is 6. The maximum atomic E-state index is 13.3. The lowest BCUT2D eigenvalue weighted by atomic mass is 9.66. The Bertz CT molecular complexity index is 1040. The Labute approximate surface area is 207 Å². The third-order valence-corrected chi connectivity index (χ3v) is 6.43. The SMILES string of the molecule is CC(C)(C)OC(=O)NCC(=O)OC1CCCCC1(C(N)=S)C1=C[N+]2(C)C=C(C(F)(F)F)N=C2C=C1. The highest BCUT2D eigenvalue weighted by Gasteiger charge is 2.52. The van der Waals surface area contributed by atoms with Crippen molar-refractivity contribution in [3.63, 3.8) is 0 Å². The summed E-state index contributed by atoms with van der Waals surface area (Å²) < 4.78 is 50.4. The number of ether oxygens (including phenoxy) is 2. The first-order chi connectivity index (χ1) is 16.1. The summed E-state index contributed by atoms with van der Waals surface area (Å²) in [5.41, 5.74) is 3.98. The lowest BCUT2D eigenvalue weighted by molar-refractivity contribution is -0.705. The minimum atomic E-state index is -4.58. The number of rotatable bonds is 5. The predicted molar refractivity (Wildman–Crippen MR) is 127 cm³/mol. The molecule has 3 N–H and O–H groups in total. The molecule has 12 heteroatoms. The number of carbonyl (C=O) groups is 2. The van der Waals surface area contributed by atoms with Gasteiger partial charge in [-0.3, -0.25) is 4.79 Å². The topological polar surface area (TPSA) is 103 Å². The summed E-state index contributed by atoms with van der Waals surface area (Å²) in [6.45, 7) is 4.67. The number of hydrogen-bond donors (Lipinski definition) is 2. The van der Waals surface area contributed by atoms with E-state index < -0.39 is 47.6 Å². The summed E-state index contributed by atoms with van der Waals surface area (Å²) in [4.78, 5) is 28.3. The van der Waals surface area contributed by atoms with Crippen LogP contribution in [-0.4, -0.2) is 58.8 Å². The number of alkyl carbamates (subject to hydrolysis) is 1. The van der Waals surface area contributed by atoms with Crippen molar-refractivity contribution >= 4 is 35.1 Å². The lowest BCUT2D eigenvalue weighted by Crippen LogP contribution is -2.53. The van der Waals surface area contributed by atoms with Gasteiger partial charge < -0.3 is 20.5 Å². The second-order valence-electron chi connectivity index (χ2n) is 9.96. The summed E-state index contributed by atoms with van der Waals surface area (Å²) in [5.74, 6) is -0.503. The number of aliphatic imine (C=N–C) groups is 1. The average Bonchev–Trinajstić information content (AvgIpc) is 3.08. The largest absolute Gasteiger partial charge is 0.460 e. The van der Waals surface area contributed by atoms with Crippen molar-refractivity contribution in [3.05, 3.63) is 35.8 Å². The predicted octanol–water partition coefficient (Wildman–Crippen LogP) is 3.99. The van der Waals surface area contributed by atoms with E-state index in [2.05, 4.69) is 10.3 Å². The zero-order valence-electron chi connectivity index (χ0n) is 20.1. The number of quaternary nitrogens is 1. The first-order valence-electron chi connectivity index (χ1n) is 11.2. The molecule has 3 rings (SSSR count). The first-order valence-corrected chi connectivity index (χ1v) is 11.6. The highest BCUT2D eigenvalue weighted by molar-refractivity contribution is 7.80. The summed E-state index contributed by atoms with van der Waals surface area (Å²) in [6, 6.07) is 0. The monoisotopic (exact) mass is 515 g/mol. The summed E-state index contributed by atoms with van der Waals surface area (Å²) in [5, 5.41) is 2.36. The number of carbonyl (C=O) groups excluding carboxylic acids is 2. The zero-order chi connectivity index (χ0) is 26.2. The van der Waals surface area contributed by atoms with Crippen molar-refractivity contribution < 1.29 is 36.7 Å². The molecule has 0 aromatic carbocycles. The van der Waals surface area contributed by atoms with Gasteiger partial charge in [0.05, 0.1) is 17.5 Å². The molecule has 0 bridgehead atoms. The number of thiocarbonyl (C=S) groups is 1. The maximum Gasteiger partial charge on any atom is 0.438 e. The third kappa shape index (κ3) is 5.75. The number of amides is 1. The van der Waals surface area contributed by atoms with E-state index in [1.54, 1.807) is 40.1 Å². The fourth-order valence-electron chi connectivity index (χ4n) is 4.49. The van der Waals surface area contributed by atoms with Crippen molar-refractivity contribution in [1.82, 2.24) is 5.32 Å². The van der Waals surface area contributed by atoms with Crippen LogP contribution in [0.25, 0.3) is 0 Å². The molecule has 0 aromatic heterocycles. The molecule has 0 spiro atoms. The van der Waals surface area contributed by atoms with Crippen molar-refractivity contribution in [1.29, 1.82) is 0 Å². The number of fused-ring (bicyclic) bond motifs is 1. The Morgan fingerprint density at radius 1 is 1.26 bits per heavy atom. The van der Waals surface area contributed by atoms with Gasteiger partial charge in [-0.05, 0) is 46.1 Å². The van der Waals surface area contributed by atoms with Crippen LogP contribution in [0.5, 0.6) is 0 Å². The molecular formula is C23H30F3N4O4S+. The molecule has 1 aliphatic carbocycles. The number of amidine groups is 1. The molecule has 2 heterocycles. The van der Waals surface area contributed by atoms with Gasteiger partial charge >= 0.3 is 18.2 Å². The highest BCUT2D eigenvalue weighted by Crippen LogP contribution is 2.47. The molecule has 0 radical (unpaired) electrons. The van der Waals surface area contributed by atoms with Crippen molar-refractivity contribution in [2.45, 2.75) is 64.3 Å². The second kappa shape index (κ2) is 9.38. The molecule has 192 valence electrons. The van der Waals surface area contributed by atoms with E-state index >= 15 is 0 Å². The van der Waals surface area contributed by atoms with E-state index in [1.165, 1.54) is 6.08 Å². The molecule has 35 heavy (non-hydrogen) atoms. The number of nitrogens with one attached hydrogen (secondary N) is 1. The number of nitrogens with two attached hydrogens (primary N) is 1. The van der Waals surface area contributed by atoms with Crippen molar-refractivity contribution in [2.24, 2.45) is 16.1 Å². The summed E-state index contributed by atoms with van der Waals surface area (Å²) in [6.07, 6.45) is 2.06. The van der Waals surface area contributed by atoms with E-state index in [0.29, 0.717) is 18.4 Å². The van der Waals surface area contributed by atoms with Gasteiger partial charge in [0.15, 0.2) is 0 Å². The van der Waals surface area contributed by atoms with Crippen molar-refractivity contribution in [2.75, 3.05) is 13.6 Å². The molecule has 1 saturated carbocycles. The average molecular weight is 516 g/mol. The van der Waals surface area contributed by atoms with Crippen LogP contribution in [0.2, 0.25) is 0 Å². The number of halogens is 3. The molecule has 0 saturated heterocycles. The number of alkyl halides is 3. The van der Waals surface area contributed by atoms with Crippen LogP contribution >= 0.6 is 12.2 Å². The van der Waals surface area contributed by atoms with Gasteiger partial charge in [0, 0.05) is 11.6 Å². The van der Waals surface area contributed by atoms with Crippen LogP contribution in [0, 0.1) is 5.41 Å². The third-order valence-electron chi connectivity index (χ3n) is 6.07. The molecule has 1 amide bonds. The Balaban J connectivity index is 1.85. The van der Waals surface area contributed by atoms with Crippen LogP contribution < -0.4 is 11.1 Å². The second-order valence-corrected chi connectivity index (χ2v) is 10.4. The van der Waals surface area contributed by atoms with Crippen molar-refractivity contribution in [3.8, 4) is 0 Å². The van der Waals surface area contributed by atoms with E-state index in [4.69, 9.17) is 27.4 Å². The van der Waals surface area contributed by atoms with Gasteiger partial charge in [-0.1, -0.05) is 18.6 Å². The summed E-state index contributed by atoms with van der Waals surface area (Å²) in [7, 11) is 1.57. The standard InChI is InChI=1S/C23H29F3N4O4S/c1-21(2,3)34-20(32)28-11-18(31)33-16-7-5-6-10-22(16,19(27)35)14-8-9-17-29-15(23(24,25)26)13-30(17,4)12-14/h8-9,12-13,16H,5-7,10-11H2,1-4H3,(H2-,27,28,32,35)/p+1. The van der Waals surface area contributed by atoms with Gasteiger partial charge in [0.2, 0.25) is 11.5 Å². The van der Waals surface area contributed by atoms with Crippen LogP contribution in [0.15, 0.2) is 40.8 Å². The maximum absolute atomic E-state index is 13.3. The molecule has 3 aliphatic rings. The van der Waals surface area contributed by atoms with E-state index in [-0.39, 0.29) is 15.3 Å². The van der Waals surface area contributed by atoms with E-state index in [1.807, 2.05) is 0 Å². The van der Waals surface area contributed by atoms with Gasteiger partial charge in [0.1, 0.15) is 30.6 Å². The fourth-order valence-corrected chi connectivity index (χ4v) is 4.84. The molecule has 1 fully saturated rings. The van der Waals surface area contributed by atoms with Crippen LogP contribution in [0.1, 0.15) is 46.5 Å². The highest BCUT2D eigenvalue weighted by atomic mass is 32.1. The molecular weight excluding hydrogens is 485 g/mol. The number of esters is 1.